The van der Waals surface area contributed by atoms with Crippen LogP contribution in [0.2, 0.25) is 0 Å². The summed E-state index contributed by atoms with van der Waals surface area (Å²) in [7, 11) is -3.29. The largest absolute Gasteiger partial charge is 0.457 e. The summed E-state index contributed by atoms with van der Waals surface area (Å²) >= 11 is 4.68. The molecule has 8 heteroatoms. The highest BCUT2D eigenvalue weighted by atomic mass is 79.9. The molecule has 1 atom stereocenters. The van der Waals surface area contributed by atoms with E-state index in [0.29, 0.717) is 22.5 Å². The van der Waals surface area contributed by atoms with E-state index in [0.717, 1.165) is 12.0 Å². The van der Waals surface area contributed by atoms with Gasteiger partial charge in [-0.1, -0.05) is 0 Å². The average molecular weight is 354 g/mol. The number of carbonyl (C=O) groups excluding carboxylic acids is 1. The first kappa shape index (κ1) is 14.0. The van der Waals surface area contributed by atoms with Crippen LogP contribution in [0.5, 0.6) is 0 Å². The lowest BCUT2D eigenvalue weighted by atomic mass is 10.3. The van der Waals surface area contributed by atoms with Crippen LogP contribution < -0.4 is 0 Å². The summed E-state index contributed by atoms with van der Waals surface area (Å²) in [6.07, 6.45) is 2.56. The Balaban J connectivity index is 2.30. The lowest BCUT2D eigenvalue weighted by Gasteiger charge is -2.33. The van der Waals surface area contributed by atoms with Crippen molar-refractivity contribution < 1.29 is 17.6 Å². The maximum absolute atomic E-state index is 12.3. The highest BCUT2D eigenvalue weighted by Crippen LogP contribution is 2.25. The zero-order chi connectivity index (χ0) is 13.3. The molecule has 100 valence electrons. The lowest BCUT2D eigenvalue weighted by molar-refractivity contribution is 0.0747. The molecule has 0 N–H and O–H groups in total. The molecule has 1 amide bonds. The van der Waals surface area contributed by atoms with Crippen LogP contribution in [0.1, 0.15) is 10.4 Å². The second kappa shape index (κ2) is 5.26. The lowest BCUT2D eigenvalue weighted by Crippen LogP contribution is -2.49. The highest BCUT2D eigenvalue weighted by molar-refractivity contribution is 9.10. The summed E-state index contributed by atoms with van der Waals surface area (Å²) < 4.78 is 28.8. The van der Waals surface area contributed by atoms with Crippen molar-refractivity contribution in [3.8, 4) is 0 Å². The van der Waals surface area contributed by atoms with E-state index in [-0.39, 0.29) is 5.91 Å². The standard InChI is InChI=1S/C10H12BrNO4S2/c1-18(14,15)8-6-17-5-3-12(8)10(13)7-2-4-16-9(7)11/h2,4,8H,3,5-6H2,1H3. The van der Waals surface area contributed by atoms with Crippen molar-refractivity contribution in [2.24, 2.45) is 0 Å². The first-order valence-electron chi connectivity index (χ1n) is 5.22. The van der Waals surface area contributed by atoms with Crippen molar-refractivity contribution in [1.29, 1.82) is 0 Å². The smallest absolute Gasteiger partial charge is 0.259 e. The van der Waals surface area contributed by atoms with Crippen molar-refractivity contribution in [1.82, 2.24) is 4.90 Å². The van der Waals surface area contributed by atoms with Crippen LogP contribution in [0.4, 0.5) is 0 Å². The molecule has 1 aromatic heterocycles. The van der Waals surface area contributed by atoms with Gasteiger partial charge >= 0.3 is 0 Å². The molecule has 2 heterocycles. The number of thioether (sulfide) groups is 1. The monoisotopic (exact) mass is 353 g/mol. The molecule has 0 radical (unpaired) electrons. The summed E-state index contributed by atoms with van der Waals surface area (Å²) in [4.78, 5) is 13.7. The Morgan fingerprint density at radius 1 is 1.61 bits per heavy atom. The summed E-state index contributed by atoms with van der Waals surface area (Å²) in [6.45, 7) is 0.429. The summed E-state index contributed by atoms with van der Waals surface area (Å²) in [6, 6.07) is 1.54. The molecule has 0 spiro atoms. The second-order valence-corrected chi connectivity index (χ2v) is 8.04. The van der Waals surface area contributed by atoms with Gasteiger partial charge in [-0.15, -0.1) is 0 Å². The molecule has 2 rings (SSSR count). The van der Waals surface area contributed by atoms with Crippen molar-refractivity contribution >= 4 is 43.4 Å². The zero-order valence-electron chi connectivity index (χ0n) is 9.63. The normalized spacial score (nSPS) is 21.0. The van der Waals surface area contributed by atoms with Gasteiger partial charge in [-0.3, -0.25) is 4.79 Å². The van der Waals surface area contributed by atoms with Gasteiger partial charge in [-0.25, -0.2) is 8.42 Å². The maximum Gasteiger partial charge on any atom is 0.259 e. The van der Waals surface area contributed by atoms with Gasteiger partial charge in [0, 0.05) is 24.3 Å². The quantitative estimate of drug-likeness (QED) is 0.807. The molecule has 0 bridgehead atoms. The van der Waals surface area contributed by atoms with Crippen LogP contribution in [0.25, 0.3) is 0 Å². The van der Waals surface area contributed by atoms with E-state index in [1.807, 2.05) is 0 Å². The molecule has 1 saturated heterocycles. The van der Waals surface area contributed by atoms with Gasteiger partial charge in [-0.2, -0.15) is 11.8 Å². The topological polar surface area (TPSA) is 67.6 Å². The molecular formula is C10H12BrNO4S2. The third-order valence-electron chi connectivity index (χ3n) is 2.69. The first-order chi connectivity index (χ1) is 8.41. The van der Waals surface area contributed by atoms with Crippen LogP contribution in [0.15, 0.2) is 21.4 Å². The first-order valence-corrected chi connectivity index (χ1v) is 9.12. The minimum Gasteiger partial charge on any atom is -0.457 e. The zero-order valence-corrected chi connectivity index (χ0v) is 12.8. The van der Waals surface area contributed by atoms with E-state index < -0.39 is 15.2 Å². The molecule has 1 unspecified atom stereocenters. The van der Waals surface area contributed by atoms with Crippen LogP contribution in [0, 0.1) is 0 Å². The van der Waals surface area contributed by atoms with Crippen molar-refractivity contribution in [3.63, 3.8) is 0 Å². The summed E-state index contributed by atoms with van der Waals surface area (Å²) in [5.41, 5.74) is 0.357. The Kier molecular flexibility index (Phi) is 4.08. The molecule has 1 aliphatic heterocycles. The summed E-state index contributed by atoms with van der Waals surface area (Å²) in [5.74, 6) is 0.846. The predicted molar refractivity (Wildman–Crippen MR) is 73.4 cm³/mol. The number of furan rings is 1. The van der Waals surface area contributed by atoms with Gasteiger partial charge in [0.05, 0.1) is 11.8 Å². The van der Waals surface area contributed by atoms with E-state index in [1.54, 1.807) is 11.8 Å². The number of carbonyl (C=O) groups is 1. The van der Waals surface area contributed by atoms with Crippen molar-refractivity contribution in [2.45, 2.75) is 5.37 Å². The number of hydrogen-bond acceptors (Lipinski definition) is 5. The fourth-order valence-electron chi connectivity index (χ4n) is 1.77. The molecular weight excluding hydrogens is 342 g/mol. The van der Waals surface area contributed by atoms with Gasteiger partial charge in [0.15, 0.2) is 14.5 Å². The minimum atomic E-state index is -3.29. The van der Waals surface area contributed by atoms with E-state index in [9.17, 15) is 13.2 Å². The molecule has 0 aromatic carbocycles. The van der Waals surface area contributed by atoms with Gasteiger partial charge in [0.2, 0.25) is 0 Å². The predicted octanol–water partition coefficient (Wildman–Crippen LogP) is 1.60. The second-order valence-electron chi connectivity index (χ2n) is 3.97. The van der Waals surface area contributed by atoms with Crippen LogP contribution in [-0.4, -0.2) is 48.9 Å². The Bertz CT molecular complexity index is 554. The SMILES string of the molecule is CS(=O)(=O)C1CSCCN1C(=O)c1ccoc1Br. The molecule has 0 aliphatic carbocycles. The molecule has 1 fully saturated rings. The van der Waals surface area contributed by atoms with Gasteiger partial charge < -0.3 is 9.32 Å². The van der Waals surface area contributed by atoms with Crippen molar-refractivity contribution in [2.75, 3.05) is 24.3 Å². The molecule has 1 aliphatic rings. The minimum absolute atomic E-state index is 0.314. The highest BCUT2D eigenvalue weighted by Gasteiger charge is 2.35. The van der Waals surface area contributed by atoms with E-state index in [2.05, 4.69) is 15.9 Å². The third-order valence-corrected chi connectivity index (χ3v) is 5.95. The maximum atomic E-state index is 12.3. The average Bonchev–Trinajstić information content (AvgIpc) is 2.73. The molecule has 1 aromatic rings. The Morgan fingerprint density at radius 3 is 2.89 bits per heavy atom. The Labute approximate surface area is 118 Å². The van der Waals surface area contributed by atoms with E-state index in [4.69, 9.17) is 4.42 Å². The van der Waals surface area contributed by atoms with E-state index >= 15 is 0 Å². The molecule has 18 heavy (non-hydrogen) atoms. The van der Waals surface area contributed by atoms with E-state index in [1.165, 1.54) is 17.2 Å². The van der Waals surface area contributed by atoms with Gasteiger partial charge in [0.25, 0.3) is 5.91 Å². The molecule has 0 saturated carbocycles. The third kappa shape index (κ3) is 2.75. The Morgan fingerprint density at radius 2 is 2.33 bits per heavy atom. The van der Waals surface area contributed by atoms with Crippen LogP contribution in [0.3, 0.4) is 0 Å². The molecule has 5 nitrogen and oxygen atoms in total. The van der Waals surface area contributed by atoms with Gasteiger partial charge in [-0.05, 0) is 22.0 Å². The number of hydrogen-bond donors (Lipinski definition) is 0. The fourth-order valence-corrected chi connectivity index (χ4v) is 4.99. The Hall–Kier alpha value is -0.470. The number of sulfone groups is 1. The number of rotatable bonds is 2. The number of nitrogens with zero attached hydrogens (tertiary/aromatic N) is 1. The fraction of sp³-hybridized carbons (Fsp3) is 0.500. The number of halogens is 1. The van der Waals surface area contributed by atoms with Crippen molar-refractivity contribution in [3.05, 3.63) is 22.6 Å². The number of amides is 1. The van der Waals surface area contributed by atoms with Gasteiger partial charge in [0.1, 0.15) is 5.37 Å². The summed E-state index contributed by atoms with van der Waals surface area (Å²) in [5, 5.41) is -0.759. The van der Waals surface area contributed by atoms with Crippen LogP contribution in [-0.2, 0) is 9.84 Å². The van der Waals surface area contributed by atoms with Crippen LogP contribution >= 0.6 is 27.7 Å².